The van der Waals surface area contributed by atoms with Crippen molar-refractivity contribution in [2.24, 2.45) is 0 Å². The number of aromatic nitrogens is 2. The third-order valence-electron chi connectivity index (χ3n) is 1.64. The van der Waals surface area contributed by atoms with Gasteiger partial charge in [0.2, 0.25) is 0 Å². The van der Waals surface area contributed by atoms with Crippen LogP contribution in [0.2, 0.25) is 0 Å². The summed E-state index contributed by atoms with van der Waals surface area (Å²) < 4.78 is 40.7. The predicted octanol–water partition coefficient (Wildman–Crippen LogP) is 1.73. The van der Waals surface area contributed by atoms with E-state index in [2.05, 4.69) is 14.7 Å². The number of carbonyl (C=O) groups is 1. The third-order valence-corrected chi connectivity index (χ3v) is 1.64. The molecule has 0 fully saturated rings. The molecule has 0 aliphatic carbocycles. The minimum Gasteiger partial charge on any atom is -0.458 e. The van der Waals surface area contributed by atoms with E-state index in [9.17, 15) is 18.0 Å². The molecule has 0 spiro atoms. The van der Waals surface area contributed by atoms with Gasteiger partial charge in [-0.3, -0.25) is 9.78 Å². The largest absolute Gasteiger partial charge is 0.458 e. The summed E-state index contributed by atoms with van der Waals surface area (Å²) >= 11 is 0. The first kappa shape index (κ1) is 11.4. The summed E-state index contributed by atoms with van der Waals surface area (Å²) in [6.07, 6.45) is -3.70. The van der Waals surface area contributed by atoms with Crippen molar-refractivity contribution in [3.8, 4) is 0 Å². The first-order valence-corrected chi connectivity index (χ1v) is 3.93. The van der Waals surface area contributed by atoms with Crippen LogP contribution in [0.5, 0.6) is 0 Å². The number of halogens is 3. The number of hydrogen-bond donors (Lipinski definition) is 0. The summed E-state index contributed by atoms with van der Waals surface area (Å²) in [5, 5.41) is 0. The van der Waals surface area contributed by atoms with Crippen LogP contribution < -0.4 is 0 Å². The molecule has 1 aromatic heterocycles. The van der Waals surface area contributed by atoms with Gasteiger partial charge in [-0.1, -0.05) is 0 Å². The highest BCUT2D eigenvalue weighted by atomic mass is 19.4. The quantitative estimate of drug-likeness (QED) is 0.728. The zero-order chi connectivity index (χ0) is 11.5. The van der Waals surface area contributed by atoms with E-state index in [1.165, 1.54) is 6.92 Å². The number of nitrogens with zero attached hydrogens (tertiary/aromatic N) is 2. The molecule has 15 heavy (non-hydrogen) atoms. The highest BCUT2D eigenvalue weighted by molar-refractivity contribution is 5.37. The molecule has 1 aromatic rings. The van der Waals surface area contributed by atoms with Crippen molar-refractivity contribution in [3.05, 3.63) is 23.8 Å². The number of rotatable bonds is 3. The minimum absolute atomic E-state index is 0.162. The summed E-state index contributed by atoms with van der Waals surface area (Å²) in [6.45, 7) is 1.68. The molecule has 0 N–H and O–H groups in total. The topological polar surface area (TPSA) is 52.1 Å². The second kappa shape index (κ2) is 4.24. The van der Waals surface area contributed by atoms with Crippen LogP contribution in [0.25, 0.3) is 0 Å². The monoisotopic (exact) mass is 220 g/mol. The van der Waals surface area contributed by atoms with Gasteiger partial charge in [-0.25, -0.2) is 4.98 Å². The highest BCUT2D eigenvalue weighted by Gasteiger charge is 2.32. The molecule has 0 amide bonds. The van der Waals surface area contributed by atoms with Crippen LogP contribution in [0.15, 0.2) is 12.4 Å². The number of hydrogen-bond acceptors (Lipinski definition) is 4. The fourth-order valence-electron chi connectivity index (χ4n) is 0.847. The van der Waals surface area contributed by atoms with Gasteiger partial charge < -0.3 is 4.74 Å². The Kier molecular flexibility index (Phi) is 3.23. The molecule has 4 nitrogen and oxygen atoms in total. The van der Waals surface area contributed by atoms with Gasteiger partial charge in [0, 0.05) is 0 Å². The molecule has 0 saturated heterocycles. The van der Waals surface area contributed by atoms with Crippen molar-refractivity contribution < 1.29 is 22.7 Å². The summed E-state index contributed by atoms with van der Waals surface area (Å²) in [4.78, 5) is 16.6. The van der Waals surface area contributed by atoms with E-state index in [0.717, 1.165) is 6.20 Å². The molecular weight excluding hydrogens is 213 g/mol. The Labute approximate surface area is 83.1 Å². The van der Waals surface area contributed by atoms with Crippen LogP contribution in [-0.4, -0.2) is 16.4 Å². The van der Waals surface area contributed by atoms with Gasteiger partial charge in [0.25, 0.3) is 6.47 Å². The molecule has 1 unspecified atom stereocenters. The zero-order valence-corrected chi connectivity index (χ0v) is 7.65. The number of alkyl halides is 3. The minimum atomic E-state index is -4.51. The Morgan fingerprint density at radius 3 is 2.47 bits per heavy atom. The lowest BCUT2D eigenvalue weighted by Crippen LogP contribution is -2.10. The molecule has 1 heterocycles. The van der Waals surface area contributed by atoms with Crippen molar-refractivity contribution in [3.63, 3.8) is 0 Å². The van der Waals surface area contributed by atoms with Crippen LogP contribution in [0.1, 0.15) is 24.4 Å². The van der Waals surface area contributed by atoms with Crippen LogP contribution in [0.3, 0.4) is 0 Å². The normalized spacial score (nSPS) is 13.3. The van der Waals surface area contributed by atoms with Crippen LogP contribution >= 0.6 is 0 Å². The molecule has 0 aromatic carbocycles. The fraction of sp³-hybridized carbons (Fsp3) is 0.375. The highest BCUT2D eigenvalue weighted by Crippen LogP contribution is 2.27. The van der Waals surface area contributed by atoms with Crippen molar-refractivity contribution in [1.29, 1.82) is 0 Å². The van der Waals surface area contributed by atoms with Gasteiger partial charge in [-0.15, -0.1) is 0 Å². The van der Waals surface area contributed by atoms with Crippen molar-refractivity contribution >= 4 is 6.47 Å². The Hall–Kier alpha value is -1.66. The number of ether oxygens (including phenoxy) is 1. The molecule has 0 aliphatic heterocycles. The van der Waals surface area contributed by atoms with E-state index in [-0.39, 0.29) is 12.2 Å². The number of carbonyl (C=O) groups excluding carboxylic acids is 1. The summed E-state index contributed by atoms with van der Waals surface area (Å²) in [7, 11) is 0. The summed E-state index contributed by atoms with van der Waals surface area (Å²) in [6, 6.07) is 0. The molecular formula is C8H7F3N2O2. The van der Waals surface area contributed by atoms with Crippen LogP contribution in [-0.2, 0) is 15.7 Å². The molecule has 1 atom stereocenters. The Balaban J connectivity index is 2.85. The van der Waals surface area contributed by atoms with E-state index in [0.29, 0.717) is 6.20 Å². The lowest BCUT2D eigenvalue weighted by molar-refractivity contribution is -0.141. The van der Waals surface area contributed by atoms with Crippen LogP contribution in [0.4, 0.5) is 13.2 Å². The zero-order valence-electron chi connectivity index (χ0n) is 7.65. The molecule has 0 aliphatic rings. The first-order chi connectivity index (χ1) is 6.95. The van der Waals surface area contributed by atoms with Crippen molar-refractivity contribution in [2.45, 2.75) is 19.2 Å². The predicted molar refractivity (Wildman–Crippen MR) is 42.6 cm³/mol. The third kappa shape index (κ3) is 2.90. The Morgan fingerprint density at radius 2 is 2.07 bits per heavy atom. The lowest BCUT2D eigenvalue weighted by atomic mass is 10.3. The maximum Gasteiger partial charge on any atom is 0.434 e. The Morgan fingerprint density at radius 1 is 1.40 bits per heavy atom. The standard InChI is InChI=1S/C8H7F3N2O2/c1-5(15-4-14)6-2-13-7(3-12-6)8(9,10)11/h2-5H,1H3. The van der Waals surface area contributed by atoms with Gasteiger partial charge in [-0.05, 0) is 6.92 Å². The maximum atomic E-state index is 12.1. The van der Waals surface area contributed by atoms with Gasteiger partial charge >= 0.3 is 6.18 Å². The van der Waals surface area contributed by atoms with E-state index >= 15 is 0 Å². The Bertz CT molecular complexity index is 337. The van der Waals surface area contributed by atoms with E-state index in [1.54, 1.807) is 0 Å². The van der Waals surface area contributed by atoms with Gasteiger partial charge in [-0.2, -0.15) is 13.2 Å². The average Bonchev–Trinajstić information content (AvgIpc) is 2.17. The SMILES string of the molecule is CC(OC=O)c1cnc(C(F)(F)F)cn1. The summed E-state index contributed by atoms with van der Waals surface area (Å²) in [5.41, 5.74) is -0.917. The molecule has 1 rings (SSSR count). The first-order valence-electron chi connectivity index (χ1n) is 3.93. The maximum absolute atomic E-state index is 12.1. The van der Waals surface area contributed by atoms with Gasteiger partial charge in [0.1, 0.15) is 6.10 Å². The molecule has 0 saturated carbocycles. The smallest absolute Gasteiger partial charge is 0.434 e. The molecule has 0 radical (unpaired) electrons. The van der Waals surface area contributed by atoms with Crippen molar-refractivity contribution in [1.82, 2.24) is 9.97 Å². The van der Waals surface area contributed by atoms with Gasteiger partial charge in [0.15, 0.2) is 5.69 Å². The molecule has 0 bridgehead atoms. The van der Waals surface area contributed by atoms with E-state index < -0.39 is 18.0 Å². The van der Waals surface area contributed by atoms with E-state index in [1.807, 2.05) is 0 Å². The molecule has 7 heteroatoms. The van der Waals surface area contributed by atoms with Gasteiger partial charge in [0.05, 0.1) is 18.1 Å². The van der Waals surface area contributed by atoms with Crippen molar-refractivity contribution in [2.75, 3.05) is 0 Å². The lowest BCUT2D eigenvalue weighted by Gasteiger charge is -2.09. The molecule has 82 valence electrons. The average molecular weight is 220 g/mol. The fourth-order valence-corrected chi connectivity index (χ4v) is 0.847. The second-order valence-corrected chi connectivity index (χ2v) is 2.70. The van der Waals surface area contributed by atoms with Crippen LogP contribution in [0, 0.1) is 0 Å². The van der Waals surface area contributed by atoms with E-state index in [4.69, 9.17) is 0 Å². The second-order valence-electron chi connectivity index (χ2n) is 2.70. The summed E-state index contributed by atoms with van der Waals surface area (Å²) in [5.74, 6) is 0.